The molecule has 0 aliphatic carbocycles. The standard InChI is InChI=1S/C14H12N4O2/c1-7-12(8-4-2-3-5-9(8)16-7)10-6-11(13(19)20)18-14(15)17-10/h2-6,16H,1H3,(H,19,20)(H2,15,17,18). The van der Waals surface area contributed by atoms with Crippen molar-refractivity contribution in [1.82, 2.24) is 15.0 Å². The number of aromatic amines is 1. The zero-order valence-corrected chi connectivity index (χ0v) is 10.7. The molecule has 0 spiro atoms. The molecule has 20 heavy (non-hydrogen) atoms. The van der Waals surface area contributed by atoms with Crippen LogP contribution in [0.1, 0.15) is 16.2 Å². The molecule has 100 valence electrons. The molecule has 2 aromatic heterocycles. The Morgan fingerprint density at radius 1 is 1.30 bits per heavy atom. The molecule has 3 aromatic rings. The van der Waals surface area contributed by atoms with E-state index in [0.717, 1.165) is 22.2 Å². The maximum Gasteiger partial charge on any atom is 0.354 e. The number of fused-ring (bicyclic) bond motifs is 1. The van der Waals surface area contributed by atoms with Gasteiger partial charge in [0.25, 0.3) is 0 Å². The van der Waals surface area contributed by atoms with Crippen LogP contribution in [-0.2, 0) is 0 Å². The number of aromatic carboxylic acids is 1. The first-order valence-corrected chi connectivity index (χ1v) is 6.02. The largest absolute Gasteiger partial charge is 0.477 e. The van der Waals surface area contributed by atoms with E-state index in [0.29, 0.717) is 5.69 Å². The highest BCUT2D eigenvalue weighted by Crippen LogP contribution is 2.31. The summed E-state index contributed by atoms with van der Waals surface area (Å²) in [4.78, 5) is 22.2. The lowest BCUT2D eigenvalue weighted by Gasteiger charge is -2.04. The van der Waals surface area contributed by atoms with Crippen molar-refractivity contribution in [3.63, 3.8) is 0 Å². The van der Waals surface area contributed by atoms with E-state index in [1.54, 1.807) is 0 Å². The minimum absolute atomic E-state index is 0.0513. The van der Waals surface area contributed by atoms with Gasteiger partial charge in [-0.1, -0.05) is 18.2 Å². The predicted molar refractivity (Wildman–Crippen MR) is 75.4 cm³/mol. The van der Waals surface area contributed by atoms with Crippen LogP contribution in [0.2, 0.25) is 0 Å². The lowest BCUT2D eigenvalue weighted by molar-refractivity contribution is 0.0690. The molecular weight excluding hydrogens is 256 g/mol. The number of benzene rings is 1. The molecule has 0 radical (unpaired) electrons. The van der Waals surface area contributed by atoms with Gasteiger partial charge in [-0.25, -0.2) is 14.8 Å². The number of nitrogens with two attached hydrogens (primary N) is 1. The van der Waals surface area contributed by atoms with Crippen molar-refractivity contribution in [2.45, 2.75) is 6.92 Å². The van der Waals surface area contributed by atoms with E-state index in [1.807, 2.05) is 31.2 Å². The topological polar surface area (TPSA) is 105 Å². The number of aromatic nitrogens is 3. The van der Waals surface area contributed by atoms with Crippen molar-refractivity contribution in [2.75, 3.05) is 5.73 Å². The first-order chi connectivity index (χ1) is 9.56. The van der Waals surface area contributed by atoms with Gasteiger partial charge >= 0.3 is 5.97 Å². The summed E-state index contributed by atoms with van der Waals surface area (Å²) in [7, 11) is 0. The van der Waals surface area contributed by atoms with Gasteiger partial charge < -0.3 is 15.8 Å². The third kappa shape index (κ3) is 1.87. The second-order valence-electron chi connectivity index (χ2n) is 4.47. The summed E-state index contributed by atoms with van der Waals surface area (Å²) in [6.45, 7) is 1.91. The molecule has 0 aliphatic heterocycles. The average Bonchev–Trinajstić information content (AvgIpc) is 2.73. The van der Waals surface area contributed by atoms with Gasteiger partial charge in [0.1, 0.15) is 0 Å². The number of carboxylic acids is 1. The summed E-state index contributed by atoms with van der Waals surface area (Å²) in [5, 5.41) is 10.0. The van der Waals surface area contributed by atoms with Gasteiger partial charge in [0.05, 0.1) is 5.69 Å². The van der Waals surface area contributed by atoms with E-state index in [1.165, 1.54) is 6.07 Å². The molecule has 0 saturated carbocycles. The van der Waals surface area contributed by atoms with Crippen LogP contribution >= 0.6 is 0 Å². The van der Waals surface area contributed by atoms with Crippen LogP contribution in [0, 0.1) is 6.92 Å². The third-order valence-corrected chi connectivity index (χ3v) is 3.11. The van der Waals surface area contributed by atoms with E-state index in [4.69, 9.17) is 10.8 Å². The fourth-order valence-corrected chi connectivity index (χ4v) is 2.31. The Kier molecular flexibility index (Phi) is 2.64. The van der Waals surface area contributed by atoms with Crippen LogP contribution in [0.25, 0.3) is 22.2 Å². The molecule has 0 atom stereocenters. The Morgan fingerprint density at radius 3 is 2.80 bits per heavy atom. The Hall–Kier alpha value is -2.89. The molecule has 3 rings (SSSR count). The number of anilines is 1. The van der Waals surface area contributed by atoms with Crippen molar-refractivity contribution < 1.29 is 9.90 Å². The molecule has 0 fully saturated rings. The molecule has 0 saturated heterocycles. The Balaban J connectivity index is 2.30. The van der Waals surface area contributed by atoms with Gasteiger partial charge in [0.15, 0.2) is 5.69 Å². The molecule has 0 bridgehead atoms. The van der Waals surface area contributed by atoms with Crippen molar-refractivity contribution in [3.8, 4) is 11.3 Å². The van der Waals surface area contributed by atoms with E-state index in [2.05, 4.69) is 15.0 Å². The van der Waals surface area contributed by atoms with E-state index >= 15 is 0 Å². The number of nitrogens with zero attached hydrogens (tertiary/aromatic N) is 2. The molecule has 0 unspecified atom stereocenters. The number of nitrogen functional groups attached to an aromatic ring is 1. The highest BCUT2D eigenvalue weighted by molar-refractivity contribution is 5.97. The number of H-pyrrole nitrogens is 1. The predicted octanol–water partition coefficient (Wildman–Crippen LogP) is 2.21. The SMILES string of the molecule is Cc1[nH]c2ccccc2c1-c1cc(C(=O)O)nc(N)n1. The maximum atomic E-state index is 11.1. The van der Waals surface area contributed by atoms with Gasteiger partial charge in [0.2, 0.25) is 5.95 Å². The van der Waals surface area contributed by atoms with Crippen LogP contribution in [0.15, 0.2) is 30.3 Å². The van der Waals surface area contributed by atoms with Crippen molar-refractivity contribution >= 4 is 22.8 Å². The van der Waals surface area contributed by atoms with Crippen molar-refractivity contribution in [1.29, 1.82) is 0 Å². The van der Waals surface area contributed by atoms with Gasteiger partial charge in [0, 0.05) is 22.2 Å². The summed E-state index contributed by atoms with van der Waals surface area (Å²) in [6.07, 6.45) is 0. The van der Waals surface area contributed by atoms with Crippen LogP contribution in [0.5, 0.6) is 0 Å². The lowest BCUT2D eigenvalue weighted by Crippen LogP contribution is -2.06. The van der Waals surface area contributed by atoms with Crippen LogP contribution in [0.3, 0.4) is 0 Å². The summed E-state index contributed by atoms with van der Waals surface area (Å²) in [5.74, 6) is -1.18. The first kappa shape index (κ1) is 12.2. The summed E-state index contributed by atoms with van der Waals surface area (Å²) < 4.78 is 0. The number of hydrogen-bond acceptors (Lipinski definition) is 4. The molecule has 0 aliphatic rings. The molecule has 2 heterocycles. The average molecular weight is 268 g/mol. The molecule has 0 amide bonds. The lowest BCUT2D eigenvalue weighted by atomic mass is 10.1. The van der Waals surface area contributed by atoms with Gasteiger partial charge in [-0.3, -0.25) is 0 Å². The number of aryl methyl sites for hydroxylation is 1. The fraction of sp³-hybridized carbons (Fsp3) is 0.0714. The van der Waals surface area contributed by atoms with Crippen LogP contribution in [-0.4, -0.2) is 26.0 Å². The first-order valence-electron chi connectivity index (χ1n) is 6.02. The van der Waals surface area contributed by atoms with Crippen molar-refractivity contribution in [2.24, 2.45) is 0 Å². The normalized spacial score (nSPS) is 10.8. The molecule has 6 heteroatoms. The van der Waals surface area contributed by atoms with E-state index in [9.17, 15) is 4.79 Å². The fourth-order valence-electron chi connectivity index (χ4n) is 2.31. The summed E-state index contributed by atoms with van der Waals surface area (Å²) in [6, 6.07) is 9.18. The second-order valence-corrected chi connectivity index (χ2v) is 4.47. The highest BCUT2D eigenvalue weighted by atomic mass is 16.4. The molecule has 6 nitrogen and oxygen atoms in total. The molecule has 1 aromatic carbocycles. The van der Waals surface area contributed by atoms with Gasteiger partial charge in [-0.15, -0.1) is 0 Å². The minimum Gasteiger partial charge on any atom is -0.477 e. The Bertz CT molecular complexity index is 823. The van der Waals surface area contributed by atoms with Crippen molar-refractivity contribution in [3.05, 3.63) is 41.7 Å². The van der Waals surface area contributed by atoms with E-state index < -0.39 is 5.97 Å². The third-order valence-electron chi connectivity index (χ3n) is 3.11. The summed E-state index contributed by atoms with van der Waals surface area (Å²) in [5.41, 5.74) is 8.71. The minimum atomic E-state index is -1.13. The Morgan fingerprint density at radius 2 is 2.05 bits per heavy atom. The van der Waals surface area contributed by atoms with Crippen LogP contribution < -0.4 is 5.73 Å². The monoisotopic (exact) mass is 268 g/mol. The maximum absolute atomic E-state index is 11.1. The van der Waals surface area contributed by atoms with Gasteiger partial charge in [-0.2, -0.15) is 0 Å². The smallest absolute Gasteiger partial charge is 0.354 e. The Labute approximate surface area is 114 Å². The zero-order valence-electron chi connectivity index (χ0n) is 10.7. The van der Waals surface area contributed by atoms with Crippen LogP contribution in [0.4, 0.5) is 5.95 Å². The number of carboxylic acid groups (broad SMARTS) is 1. The number of para-hydroxylation sites is 1. The molecule has 4 N–H and O–H groups in total. The van der Waals surface area contributed by atoms with E-state index in [-0.39, 0.29) is 11.6 Å². The number of carbonyl (C=O) groups is 1. The zero-order chi connectivity index (χ0) is 14.3. The van der Waals surface area contributed by atoms with Gasteiger partial charge in [-0.05, 0) is 19.1 Å². The number of rotatable bonds is 2. The number of nitrogens with one attached hydrogen (secondary N) is 1. The number of hydrogen-bond donors (Lipinski definition) is 3. The second kappa shape index (κ2) is 4.34. The highest BCUT2D eigenvalue weighted by Gasteiger charge is 2.15. The quantitative estimate of drug-likeness (QED) is 0.661. The summed E-state index contributed by atoms with van der Waals surface area (Å²) >= 11 is 0. The molecular formula is C14H12N4O2.